The van der Waals surface area contributed by atoms with Crippen molar-refractivity contribution in [1.29, 1.82) is 0 Å². The van der Waals surface area contributed by atoms with Crippen molar-refractivity contribution in [2.75, 3.05) is 12.5 Å². The van der Waals surface area contributed by atoms with Crippen molar-refractivity contribution >= 4 is 45.6 Å². The molecule has 0 saturated carbocycles. The van der Waals surface area contributed by atoms with E-state index < -0.39 is 17.8 Å². The van der Waals surface area contributed by atoms with Gasteiger partial charge in [0.05, 0.1) is 22.6 Å². The molecule has 9 nitrogen and oxygen atoms in total. The number of carbonyl (C=O) groups excluding carboxylic acids is 1. The number of carbonyl (C=O) groups is 2. The van der Waals surface area contributed by atoms with Crippen LogP contribution in [0.15, 0.2) is 72.8 Å². The fourth-order valence-corrected chi connectivity index (χ4v) is 4.46. The Labute approximate surface area is 235 Å². The van der Waals surface area contributed by atoms with Crippen LogP contribution in [0.25, 0.3) is 33.2 Å². The summed E-state index contributed by atoms with van der Waals surface area (Å²) in [5.41, 5.74) is 1.77. The molecule has 5 aromatic rings. The minimum atomic E-state index is -1.26. The van der Waals surface area contributed by atoms with Crippen molar-refractivity contribution in [3.05, 3.63) is 78.4 Å². The molecule has 1 N–H and O–H groups in total. The summed E-state index contributed by atoms with van der Waals surface area (Å²) in [7, 11) is 0. The van der Waals surface area contributed by atoms with Crippen LogP contribution in [0.4, 0.5) is 9.59 Å². The number of alkyl halides is 1. The lowest BCUT2D eigenvalue weighted by atomic mass is 10.1. The number of halogens is 1. The molecule has 40 heavy (non-hydrogen) atoms. The third-order valence-electron chi connectivity index (χ3n) is 6.02. The highest BCUT2D eigenvalue weighted by atomic mass is 35.5. The van der Waals surface area contributed by atoms with E-state index in [0.29, 0.717) is 58.1 Å². The number of fused-ring (bicyclic) bond motifs is 2. The molecule has 0 bridgehead atoms. The van der Waals surface area contributed by atoms with E-state index in [1.54, 1.807) is 63.2 Å². The largest absolute Gasteiger partial charge is 0.492 e. The number of aromatic nitrogens is 3. The molecule has 0 spiro atoms. The average Bonchev–Trinajstić information content (AvgIpc) is 3.48. The number of nitrogens with zero attached hydrogens (tertiary/aromatic N) is 3. The van der Waals surface area contributed by atoms with Gasteiger partial charge in [-0.1, -0.05) is 30.3 Å². The van der Waals surface area contributed by atoms with E-state index in [0.717, 1.165) is 10.2 Å². The molecule has 0 unspecified atom stereocenters. The predicted octanol–water partition coefficient (Wildman–Crippen LogP) is 7.16. The van der Waals surface area contributed by atoms with Gasteiger partial charge in [0.2, 0.25) is 0 Å². The van der Waals surface area contributed by atoms with E-state index in [-0.39, 0.29) is 5.69 Å². The van der Waals surface area contributed by atoms with Crippen LogP contribution < -0.4 is 9.47 Å². The van der Waals surface area contributed by atoms with E-state index in [1.165, 1.54) is 4.57 Å². The number of hydrogen-bond donors (Lipinski definition) is 1. The second-order valence-electron chi connectivity index (χ2n) is 10.1. The summed E-state index contributed by atoms with van der Waals surface area (Å²) in [4.78, 5) is 25.6. The fourth-order valence-electron chi connectivity index (χ4n) is 4.38. The Bertz CT molecular complexity index is 1700. The van der Waals surface area contributed by atoms with Crippen molar-refractivity contribution in [1.82, 2.24) is 14.3 Å². The van der Waals surface area contributed by atoms with Gasteiger partial charge in [-0.3, -0.25) is 0 Å². The Kier molecular flexibility index (Phi) is 7.40. The molecule has 10 heteroatoms. The molecule has 0 amide bonds. The van der Waals surface area contributed by atoms with Gasteiger partial charge in [-0.05, 0) is 68.8 Å². The topological polar surface area (TPSA) is 105 Å². The van der Waals surface area contributed by atoms with Gasteiger partial charge in [-0.15, -0.1) is 11.6 Å². The molecular formula is C30H28ClN3O6. The zero-order chi connectivity index (χ0) is 28.4. The number of rotatable bonds is 7. The van der Waals surface area contributed by atoms with Gasteiger partial charge in [0.1, 0.15) is 36.0 Å². The first kappa shape index (κ1) is 27.1. The predicted molar refractivity (Wildman–Crippen MR) is 153 cm³/mol. The summed E-state index contributed by atoms with van der Waals surface area (Å²) >= 11 is 5.78. The summed E-state index contributed by atoms with van der Waals surface area (Å²) in [5, 5.41) is 15.5. The summed E-state index contributed by atoms with van der Waals surface area (Å²) in [6, 6.07) is 21.8. The standard InChI is InChI=1S/C30H28ClN3O6/c1-30(2,3)40-29(37)33-24-11-9-21(38-14-13-31)15-20(24)16-26(33)27-23-17-22(39-18-19-7-5-4-6-8-19)10-12-25(23)34(32-27)28(35)36/h4-12,15-17H,13-14,18H2,1-3H3,(H,35,36). The van der Waals surface area contributed by atoms with Crippen molar-refractivity contribution < 1.29 is 28.9 Å². The van der Waals surface area contributed by atoms with E-state index in [1.807, 2.05) is 30.3 Å². The molecule has 0 saturated heterocycles. The highest BCUT2D eigenvalue weighted by Crippen LogP contribution is 2.36. The lowest BCUT2D eigenvalue weighted by Gasteiger charge is -2.20. The van der Waals surface area contributed by atoms with Crippen molar-refractivity contribution in [3.63, 3.8) is 0 Å². The second kappa shape index (κ2) is 10.9. The number of benzene rings is 3. The summed E-state index contributed by atoms with van der Waals surface area (Å²) < 4.78 is 19.7. The van der Waals surface area contributed by atoms with Gasteiger partial charge >= 0.3 is 12.2 Å². The zero-order valence-corrected chi connectivity index (χ0v) is 23.0. The van der Waals surface area contributed by atoms with Crippen LogP contribution in [-0.2, 0) is 11.3 Å². The minimum Gasteiger partial charge on any atom is -0.492 e. The quantitative estimate of drug-likeness (QED) is 0.210. The highest BCUT2D eigenvalue weighted by Gasteiger charge is 2.27. The first-order valence-electron chi connectivity index (χ1n) is 12.7. The van der Waals surface area contributed by atoms with Crippen LogP contribution in [0.5, 0.6) is 11.5 Å². The van der Waals surface area contributed by atoms with Gasteiger partial charge in [-0.2, -0.15) is 9.78 Å². The van der Waals surface area contributed by atoms with Gasteiger partial charge in [0, 0.05) is 10.8 Å². The van der Waals surface area contributed by atoms with Crippen LogP contribution in [0.1, 0.15) is 26.3 Å². The van der Waals surface area contributed by atoms with Crippen LogP contribution in [0.2, 0.25) is 0 Å². The van der Waals surface area contributed by atoms with Crippen LogP contribution in [0.3, 0.4) is 0 Å². The normalized spacial score (nSPS) is 11.6. The maximum Gasteiger partial charge on any atom is 0.432 e. The van der Waals surface area contributed by atoms with Crippen molar-refractivity contribution in [3.8, 4) is 22.9 Å². The minimum absolute atomic E-state index is 0.285. The first-order chi connectivity index (χ1) is 19.1. The van der Waals surface area contributed by atoms with Gasteiger partial charge < -0.3 is 19.3 Å². The zero-order valence-electron chi connectivity index (χ0n) is 22.3. The maximum atomic E-state index is 13.5. The summed E-state index contributed by atoms with van der Waals surface area (Å²) in [5.74, 6) is 1.44. The Balaban J connectivity index is 1.67. The molecule has 0 aliphatic heterocycles. The Morgan fingerprint density at radius 2 is 1.62 bits per heavy atom. The van der Waals surface area contributed by atoms with E-state index >= 15 is 0 Å². The lowest BCUT2D eigenvalue weighted by molar-refractivity contribution is 0.0547. The van der Waals surface area contributed by atoms with E-state index in [4.69, 9.17) is 25.8 Å². The molecule has 0 radical (unpaired) electrons. The third-order valence-corrected chi connectivity index (χ3v) is 6.17. The molecule has 2 heterocycles. The smallest absolute Gasteiger partial charge is 0.432 e. The number of carboxylic acid groups (broad SMARTS) is 1. The lowest BCUT2D eigenvalue weighted by Crippen LogP contribution is -2.27. The molecular weight excluding hydrogens is 534 g/mol. The number of hydrogen-bond acceptors (Lipinski definition) is 6. The maximum absolute atomic E-state index is 13.5. The van der Waals surface area contributed by atoms with Crippen molar-refractivity contribution in [2.24, 2.45) is 0 Å². The molecule has 0 fully saturated rings. The monoisotopic (exact) mass is 561 g/mol. The van der Waals surface area contributed by atoms with E-state index in [2.05, 4.69) is 5.10 Å². The molecule has 0 aliphatic rings. The second-order valence-corrected chi connectivity index (χ2v) is 10.5. The number of ether oxygens (including phenoxy) is 3. The summed E-state index contributed by atoms with van der Waals surface area (Å²) in [6.45, 7) is 5.99. The Morgan fingerprint density at radius 1 is 0.925 bits per heavy atom. The van der Waals surface area contributed by atoms with Gasteiger partial charge in [-0.25, -0.2) is 14.2 Å². The van der Waals surface area contributed by atoms with Crippen molar-refractivity contribution in [2.45, 2.75) is 33.0 Å². The van der Waals surface area contributed by atoms with E-state index in [9.17, 15) is 14.7 Å². The first-order valence-corrected chi connectivity index (χ1v) is 13.2. The molecule has 2 aromatic heterocycles. The molecule has 3 aromatic carbocycles. The van der Waals surface area contributed by atoms with Crippen LogP contribution >= 0.6 is 11.6 Å². The molecule has 206 valence electrons. The third kappa shape index (κ3) is 5.60. The fraction of sp³-hybridized carbons (Fsp3) is 0.233. The van der Waals surface area contributed by atoms with Crippen LogP contribution in [-0.4, -0.2) is 49.7 Å². The Hall–Kier alpha value is -4.50. The summed E-state index contributed by atoms with van der Waals surface area (Å²) in [6.07, 6.45) is -1.88. The van der Waals surface area contributed by atoms with Gasteiger partial charge in [0.25, 0.3) is 0 Å². The van der Waals surface area contributed by atoms with Crippen LogP contribution in [0, 0.1) is 0 Å². The molecule has 0 atom stereocenters. The highest BCUT2D eigenvalue weighted by molar-refractivity contribution is 6.18. The molecule has 5 rings (SSSR count). The molecule has 0 aliphatic carbocycles. The average molecular weight is 562 g/mol. The van der Waals surface area contributed by atoms with Gasteiger partial charge in [0.15, 0.2) is 0 Å². The SMILES string of the molecule is CC(C)(C)OC(=O)n1c(-c2nn(C(=O)O)c3ccc(OCc4ccccc4)cc23)cc2cc(OCCCl)ccc21. The Morgan fingerprint density at radius 3 is 2.30 bits per heavy atom.